The Kier molecular flexibility index (Phi) is 4.70. The average molecular weight is 284 g/mol. The van der Waals surface area contributed by atoms with E-state index in [1.807, 2.05) is 30.3 Å². The van der Waals surface area contributed by atoms with Crippen molar-refractivity contribution in [2.75, 3.05) is 6.54 Å². The topological polar surface area (TPSA) is 25.2 Å². The normalized spacial score (nSPS) is 12.6. The molecule has 1 N–H and O–H groups in total. The molecule has 0 spiro atoms. The van der Waals surface area contributed by atoms with Gasteiger partial charge in [-0.15, -0.1) is 0 Å². The summed E-state index contributed by atoms with van der Waals surface area (Å²) in [6.07, 6.45) is 2.65. The van der Waals surface area contributed by atoms with Gasteiger partial charge in [0.15, 0.2) is 5.22 Å². The van der Waals surface area contributed by atoms with E-state index in [0.717, 1.165) is 29.1 Å². The molecule has 0 amide bonds. The van der Waals surface area contributed by atoms with Gasteiger partial charge in [0.05, 0.1) is 12.3 Å². The van der Waals surface area contributed by atoms with Gasteiger partial charge in [0, 0.05) is 10.6 Å². The molecule has 0 saturated heterocycles. The minimum absolute atomic E-state index is 0.00917. The highest BCUT2D eigenvalue weighted by molar-refractivity contribution is 6.30. The van der Waals surface area contributed by atoms with E-state index < -0.39 is 0 Å². The first kappa shape index (κ1) is 13.5. The molecule has 0 saturated carbocycles. The lowest BCUT2D eigenvalue weighted by Gasteiger charge is -2.18. The molecule has 96 valence electrons. The van der Waals surface area contributed by atoms with Gasteiger partial charge in [0.1, 0.15) is 0 Å². The monoisotopic (exact) mass is 283 g/mol. The summed E-state index contributed by atoms with van der Waals surface area (Å²) in [6.45, 7) is 3.03. The van der Waals surface area contributed by atoms with Crippen LogP contribution in [0, 0.1) is 0 Å². The molecule has 1 atom stereocenters. The summed E-state index contributed by atoms with van der Waals surface area (Å²) < 4.78 is 5.17. The van der Waals surface area contributed by atoms with Crippen LogP contribution in [0.3, 0.4) is 0 Å². The summed E-state index contributed by atoms with van der Waals surface area (Å²) in [5.41, 5.74) is 2.02. The Hall–Kier alpha value is -0.960. The van der Waals surface area contributed by atoms with Crippen molar-refractivity contribution in [1.82, 2.24) is 5.32 Å². The molecule has 1 heterocycles. The lowest BCUT2D eigenvalue weighted by atomic mass is 10.0. The predicted molar refractivity (Wildman–Crippen MR) is 75.3 cm³/mol. The van der Waals surface area contributed by atoms with Crippen LogP contribution in [0.5, 0.6) is 0 Å². The molecular formula is C14H15Cl2NO. The fraction of sp³-hybridized carbons (Fsp3) is 0.286. The summed E-state index contributed by atoms with van der Waals surface area (Å²) >= 11 is 12.1. The minimum atomic E-state index is 0.00917. The van der Waals surface area contributed by atoms with E-state index in [2.05, 4.69) is 12.2 Å². The highest BCUT2D eigenvalue weighted by Gasteiger charge is 2.18. The van der Waals surface area contributed by atoms with Crippen LogP contribution in [-0.2, 0) is 0 Å². The highest BCUT2D eigenvalue weighted by Crippen LogP contribution is 2.30. The zero-order valence-corrected chi connectivity index (χ0v) is 11.6. The summed E-state index contributed by atoms with van der Waals surface area (Å²) in [5.74, 6) is 0. The summed E-state index contributed by atoms with van der Waals surface area (Å²) in [7, 11) is 0. The Morgan fingerprint density at radius 1 is 1.28 bits per heavy atom. The molecule has 2 rings (SSSR count). The summed E-state index contributed by atoms with van der Waals surface area (Å²) in [5, 5.41) is 4.59. The van der Waals surface area contributed by atoms with Crippen LogP contribution in [0.2, 0.25) is 10.2 Å². The first-order valence-electron chi connectivity index (χ1n) is 5.94. The van der Waals surface area contributed by atoms with Gasteiger partial charge >= 0.3 is 0 Å². The maximum absolute atomic E-state index is 6.06. The van der Waals surface area contributed by atoms with Gasteiger partial charge in [0.25, 0.3) is 0 Å². The number of nitrogens with one attached hydrogen (secondary N) is 1. The summed E-state index contributed by atoms with van der Waals surface area (Å²) in [4.78, 5) is 0. The van der Waals surface area contributed by atoms with Crippen molar-refractivity contribution in [3.63, 3.8) is 0 Å². The lowest BCUT2D eigenvalue weighted by Crippen LogP contribution is -2.23. The molecular weight excluding hydrogens is 269 g/mol. The zero-order chi connectivity index (χ0) is 13.0. The molecule has 1 aromatic carbocycles. The van der Waals surface area contributed by atoms with Crippen molar-refractivity contribution >= 4 is 23.2 Å². The van der Waals surface area contributed by atoms with Crippen LogP contribution < -0.4 is 5.32 Å². The number of hydrogen-bond acceptors (Lipinski definition) is 2. The molecule has 2 aromatic rings. The van der Waals surface area contributed by atoms with E-state index >= 15 is 0 Å². The molecule has 0 aliphatic carbocycles. The second kappa shape index (κ2) is 6.28. The molecule has 0 bridgehead atoms. The molecule has 18 heavy (non-hydrogen) atoms. The molecule has 0 aliphatic rings. The Balaban J connectivity index is 2.33. The largest absolute Gasteiger partial charge is 0.453 e. The van der Waals surface area contributed by atoms with E-state index in [-0.39, 0.29) is 6.04 Å². The van der Waals surface area contributed by atoms with Crippen LogP contribution in [0.4, 0.5) is 0 Å². The smallest absolute Gasteiger partial charge is 0.198 e. The third-order valence-corrected chi connectivity index (χ3v) is 3.28. The lowest BCUT2D eigenvalue weighted by molar-refractivity contribution is 0.550. The van der Waals surface area contributed by atoms with Gasteiger partial charge in [-0.1, -0.05) is 30.7 Å². The van der Waals surface area contributed by atoms with Crippen molar-refractivity contribution in [3.8, 4) is 0 Å². The average Bonchev–Trinajstić information content (AvgIpc) is 2.77. The first-order chi connectivity index (χ1) is 8.72. The highest BCUT2D eigenvalue weighted by atomic mass is 35.5. The van der Waals surface area contributed by atoms with Crippen molar-refractivity contribution in [2.24, 2.45) is 0 Å². The number of hydrogen-bond donors (Lipinski definition) is 1. The number of furan rings is 1. The molecule has 2 nitrogen and oxygen atoms in total. The van der Waals surface area contributed by atoms with Gasteiger partial charge in [-0.25, -0.2) is 0 Å². The number of rotatable bonds is 5. The Labute approximate surface area is 117 Å². The standard InChI is InChI=1S/C14H15Cl2NO/c1-2-7-17-13(12-6-8-18-14(12)16)10-4-3-5-11(15)9-10/h3-6,8-9,13,17H,2,7H2,1H3. The molecule has 1 aromatic heterocycles. The quantitative estimate of drug-likeness (QED) is 0.862. The molecule has 0 fully saturated rings. The van der Waals surface area contributed by atoms with Gasteiger partial charge in [-0.3, -0.25) is 0 Å². The fourth-order valence-corrected chi connectivity index (χ4v) is 2.31. The van der Waals surface area contributed by atoms with Crippen molar-refractivity contribution in [1.29, 1.82) is 0 Å². The van der Waals surface area contributed by atoms with E-state index in [0.29, 0.717) is 5.22 Å². The fourth-order valence-electron chi connectivity index (χ4n) is 1.89. The first-order valence-corrected chi connectivity index (χ1v) is 6.69. The van der Waals surface area contributed by atoms with Crippen LogP contribution in [0.1, 0.15) is 30.5 Å². The second-order valence-electron chi connectivity index (χ2n) is 4.09. The molecule has 0 aliphatic heterocycles. The van der Waals surface area contributed by atoms with Crippen LogP contribution in [-0.4, -0.2) is 6.54 Å². The van der Waals surface area contributed by atoms with Crippen molar-refractivity contribution < 1.29 is 4.42 Å². The van der Waals surface area contributed by atoms with Crippen LogP contribution in [0.15, 0.2) is 41.0 Å². The van der Waals surface area contributed by atoms with E-state index in [4.69, 9.17) is 27.6 Å². The van der Waals surface area contributed by atoms with Crippen molar-refractivity contribution in [3.05, 3.63) is 58.0 Å². The third kappa shape index (κ3) is 3.08. The van der Waals surface area contributed by atoms with Gasteiger partial charge < -0.3 is 9.73 Å². The molecule has 1 unspecified atom stereocenters. The van der Waals surface area contributed by atoms with Crippen LogP contribution in [0.25, 0.3) is 0 Å². The Morgan fingerprint density at radius 2 is 2.11 bits per heavy atom. The number of halogens is 2. The van der Waals surface area contributed by atoms with E-state index in [9.17, 15) is 0 Å². The van der Waals surface area contributed by atoms with Crippen molar-refractivity contribution in [2.45, 2.75) is 19.4 Å². The van der Waals surface area contributed by atoms with E-state index in [1.165, 1.54) is 0 Å². The zero-order valence-electron chi connectivity index (χ0n) is 10.1. The third-order valence-electron chi connectivity index (χ3n) is 2.74. The van der Waals surface area contributed by atoms with Gasteiger partial charge in [-0.2, -0.15) is 0 Å². The SMILES string of the molecule is CCCNC(c1cccc(Cl)c1)c1ccoc1Cl. The minimum Gasteiger partial charge on any atom is -0.453 e. The maximum atomic E-state index is 6.06. The van der Waals surface area contributed by atoms with E-state index in [1.54, 1.807) is 6.26 Å². The molecule has 0 radical (unpaired) electrons. The van der Waals surface area contributed by atoms with Gasteiger partial charge in [-0.05, 0) is 48.3 Å². The predicted octanol–water partition coefficient (Wildman–Crippen LogP) is 4.68. The summed E-state index contributed by atoms with van der Waals surface area (Å²) in [6, 6.07) is 9.66. The Morgan fingerprint density at radius 3 is 2.72 bits per heavy atom. The Bertz CT molecular complexity index is 510. The number of benzene rings is 1. The second-order valence-corrected chi connectivity index (χ2v) is 4.87. The van der Waals surface area contributed by atoms with Gasteiger partial charge in [0.2, 0.25) is 0 Å². The molecule has 4 heteroatoms. The van der Waals surface area contributed by atoms with Crippen LogP contribution >= 0.6 is 23.2 Å². The maximum Gasteiger partial charge on any atom is 0.198 e.